The van der Waals surface area contributed by atoms with E-state index in [1.165, 1.54) is 24.3 Å². The second-order valence-corrected chi connectivity index (χ2v) is 8.44. The Hall–Kier alpha value is -2.71. The minimum Gasteiger partial charge on any atom is -0.494 e. The molecule has 0 unspecified atom stereocenters. The Labute approximate surface area is 171 Å². The molecule has 1 amide bonds. The first-order valence-electron chi connectivity index (χ1n) is 9.39. The molecule has 0 saturated carbocycles. The van der Waals surface area contributed by atoms with E-state index in [2.05, 4.69) is 10.0 Å². The first-order chi connectivity index (χ1) is 13.7. The van der Waals surface area contributed by atoms with Crippen molar-refractivity contribution in [3.8, 4) is 5.75 Å². The lowest BCUT2D eigenvalue weighted by molar-refractivity contribution is -0.116. The monoisotopic (exact) mass is 418 g/mol. The van der Waals surface area contributed by atoms with Gasteiger partial charge in [0.25, 0.3) is 0 Å². The number of hydrogen-bond acceptors (Lipinski definition) is 5. The van der Waals surface area contributed by atoms with Gasteiger partial charge in [-0.1, -0.05) is 0 Å². The summed E-state index contributed by atoms with van der Waals surface area (Å²) in [7, 11) is -3.58. The minimum absolute atomic E-state index is 0.0288. The predicted molar refractivity (Wildman–Crippen MR) is 112 cm³/mol. The summed E-state index contributed by atoms with van der Waals surface area (Å²) in [5.41, 5.74) is 0.987. The summed E-state index contributed by atoms with van der Waals surface area (Å²) in [5.74, 6) is 0.237. The molecule has 29 heavy (non-hydrogen) atoms. The van der Waals surface area contributed by atoms with Crippen molar-refractivity contribution >= 4 is 27.4 Å². The van der Waals surface area contributed by atoms with Crippen LogP contribution in [-0.2, 0) is 14.8 Å². The molecular formula is C21H26N2O5S. The Bertz CT molecular complexity index is 936. The van der Waals surface area contributed by atoms with Crippen LogP contribution in [0.2, 0.25) is 0 Å². The summed E-state index contributed by atoms with van der Waals surface area (Å²) in [5, 5.41) is 2.67. The summed E-state index contributed by atoms with van der Waals surface area (Å²) >= 11 is 0. The van der Waals surface area contributed by atoms with Gasteiger partial charge in [-0.2, -0.15) is 0 Å². The maximum Gasteiger partial charge on any atom is 0.240 e. The number of ether oxygens (including phenoxy) is 1. The van der Waals surface area contributed by atoms with Crippen LogP contribution in [0.15, 0.2) is 53.4 Å². The summed E-state index contributed by atoms with van der Waals surface area (Å²) < 4.78 is 32.0. The van der Waals surface area contributed by atoms with Crippen molar-refractivity contribution in [3.05, 3.63) is 54.1 Å². The van der Waals surface area contributed by atoms with Crippen molar-refractivity contribution < 1.29 is 22.7 Å². The van der Waals surface area contributed by atoms with E-state index in [0.717, 1.165) is 0 Å². The van der Waals surface area contributed by atoms with E-state index in [1.54, 1.807) is 38.1 Å². The Morgan fingerprint density at radius 2 is 1.59 bits per heavy atom. The Morgan fingerprint density at radius 1 is 0.966 bits per heavy atom. The molecule has 2 aromatic rings. The van der Waals surface area contributed by atoms with Crippen molar-refractivity contribution in [1.29, 1.82) is 0 Å². The van der Waals surface area contributed by atoms with Gasteiger partial charge in [-0.05, 0) is 69.3 Å². The zero-order chi connectivity index (χ0) is 21.4. The van der Waals surface area contributed by atoms with Gasteiger partial charge in [-0.25, -0.2) is 13.1 Å². The van der Waals surface area contributed by atoms with Gasteiger partial charge >= 0.3 is 0 Å². The molecule has 0 fully saturated rings. The number of nitrogens with one attached hydrogen (secondary N) is 2. The van der Waals surface area contributed by atoms with Gasteiger partial charge in [-0.3, -0.25) is 9.59 Å². The van der Waals surface area contributed by atoms with Crippen LogP contribution in [0.1, 0.15) is 44.0 Å². The van der Waals surface area contributed by atoms with Crippen molar-refractivity contribution in [2.24, 2.45) is 0 Å². The second-order valence-electron chi connectivity index (χ2n) is 6.73. The lowest BCUT2D eigenvalue weighted by atomic mass is 10.1. The van der Waals surface area contributed by atoms with E-state index in [-0.39, 0.29) is 35.5 Å². The molecule has 2 aromatic carbocycles. The number of hydrogen-bond donors (Lipinski definition) is 2. The maximum atomic E-state index is 12.2. The summed E-state index contributed by atoms with van der Waals surface area (Å²) in [6, 6.07) is 12.5. The number of carbonyl (C=O) groups is 2. The molecule has 7 nitrogen and oxygen atoms in total. The van der Waals surface area contributed by atoms with Crippen LogP contribution in [-0.4, -0.2) is 32.8 Å². The number of carbonyl (C=O) groups excluding carboxylic acids is 2. The standard InChI is InChI=1S/C21H26N2O5S/c1-4-28-18-9-5-16(6-10-18)20(24)13-14-21(25)22-17-7-11-19(12-8-17)29(26,27)23-15(2)3/h5-12,15,23H,4,13-14H2,1-3H3,(H,22,25). The fourth-order valence-corrected chi connectivity index (χ4v) is 3.85. The Balaban J connectivity index is 1.88. The van der Waals surface area contributed by atoms with Gasteiger partial charge in [0.05, 0.1) is 11.5 Å². The van der Waals surface area contributed by atoms with Crippen LogP contribution < -0.4 is 14.8 Å². The molecule has 0 aliphatic rings. The van der Waals surface area contributed by atoms with E-state index in [4.69, 9.17) is 4.74 Å². The SMILES string of the molecule is CCOc1ccc(C(=O)CCC(=O)Nc2ccc(S(=O)(=O)NC(C)C)cc2)cc1. The van der Waals surface area contributed by atoms with Crippen LogP contribution in [0.3, 0.4) is 0 Å². The third-order valence-corrected chi connectivity index (χ3v) is 5.58. The summed E-state index contributed by atoms with van der Waals surface area (Å²) in [6.45, 7) is 5.91. The van der Waals surface area contributed by atoms with Crippen LogP contribution in [0.4, 0.5) is 5.69 Å². The molecule has 0 aliphatic carbocycles. The molecule has 8 heteroatoms. The number of rotatable bonds is 10. The maximum absolute atomic E-state index is 12.2. The molecule has 156 valence electrons. The first-order valence-corrected chi connectivity index (χ1v) is 10.9. The smallest absolute Gasteiger partial charge is 0.240 e. The predicted octanol–water partition coefficient (Wildman–Crippen LogP) is 3.37. The van der Waals surface area contributed by atoms with Crippen LogP contribution in [0.25, 0.3) is 0 Å². The van der Waals surface area contributed by atoms with Gasteiger partial charge in [-0.15, -0.1) is 0 Å². The molecule has 0 spiro atoms. The fourth-order valence-electron chi connectivity index (χ4n) is 2.59. The molecule has 0 radical (unpaired) electrons. The first kappa shape index (κ1) is 22.6. The highest BCUT2D eigenvalue weighted by atomic mass is 32.2. The lowest BCUT2D eigenvalue weighted by Gasteiger charge is -2.10. The molecular weight excluding hydrogens is 392 g/mol. The van der Waals surface area contributed by atoms with Crippen molar-refractivity contribution in [3.63, 3.8) is 0 Å². The third kappa shape index (κ3) is 6.99. The zero-order valence-corrected chi connectivity index (χ0v) is 17.6. The largest absolute Gasteiger partial charge is 0.494 e. The van der Waals surface area contributed by atoms with Gasteiger partial charge in [0.2, 0.25) is 15.9 Å². The molecule has 0 bridgehead atoms. The van der Waals surface area contributed by atoms with E-state index in [9.17, 15) is 18.0 Å². The second kappa shape index (κ2) is 10.2. The van der Waals surface area contributed by atoms with E-state index >= 15 is 0 Å². The highest BCUT2D eigenvalue weighted by Gasteiger charge is 2.15. The molecule has 0 saturated heterocycles. The number of ketones is 1. The lowest BCUT2D eigenvalue weighted by Crippen LogP contribution is -2.30. The van der Waals surface area contributed by atoms with Crippen LogP contribution in [0.5, 0.6) is 5.75 Å². The molecule has 0 atom stereocenters. The number of Topliss-reactive ketones (excluding diaryl/α,β-unsaturated/α-hetero) is 1. The quantitative estimate of drug-likeness (QED) is 0.576. The highest BCUT2D eigenvalue weighted by Crippen LogP contribution is 2.16. The topological polar surface area (TPSA) is 102 Å². The van der Waals surface area contributed by atoms with E-state index in [1.807, 2.05) is 6.92 Å². The van der Waals surface area contributed by atoms with Gasteiger partial charge in [0.15, 0.2) is 5.78 Å². The minimum atomic E-state index is -3.58. The van der Waals surface area contributed by atoms with Crippen molar-refractivity contribution in [1.82, 2.24) is 4.72 Å². The van der Waals surface area contributed by atoms with E-state index in [0.29, 0.717) is 23.6 Å². The van der Waals surface area contributed by atoms with E-state index < -0.39 is 10.0 Å². The average molecular weight is 419 g/mol. The number of amides is 1. The zero-order valence-electron chi connectivity index (χ0n) is 16.8. The third-order valence-electron chi connectivity index (χ3n) is 3.91. The van der Waals surface area contributed by atoms with Crippen molar-refractivity contribution in [2.45, 2.75) is 44.6 Å². The summed E-state index contributed by atoms with van der Waals surface area (Å²) in [6.07, 6.45) is 0.103. The molecule has 0 heterocycles. The number of sulfonamides is 1. The number of anilines is 1. The summed E-state index contributed by atoms with van der Waals surface area (Å²) in [4.78, 5) is 24.4. The molecule has 2 rings (SSSR count). The van der Waals surface area contributed by atoms with Gasteiger partial charge in [0, 0.05) is 30.1 Å². The van der Waals surface area contributed by atoms with Crippen molar-refractivity contribution in [2.75, 3.05) is 11.9 Å². The van der Waals surface area contributed by atoms with Crippen LogP contribution in [0, 0.1) is 0 Å². The highest BCUT2D eigenvalue weighted by molar-refractivity contribution is 7.89. The number of benzene rings is 2. The molecule has 2 N–H and O–H groups in total. The normalized spacial score (nSPS) is 11.3. The molecule has 0 aliphatic heterocycles. The Morgan fingerprint density at radius 3 is 2.14 bits per heavy atom. The van der Waals surface area contributed by atoms with Gasteiger partial charge < -0.3 is 10.1 Å². The average Bonchev–Trinajstić information content (AvgIpc) is 2.66. The Kier molecular flexibility index (Phi) is 7.92. The van der Waals surface area contributed by atoms with Gasteiger partial charge in [0.1, 0.15) is 5.75 Å². The van der Waals surface area contributed by atoms with Crippen LogP contribution >= 0.6 is 0 Å². The fraction of sp³-hybridized carbons (Fsp3) is 0.333. The molecule has 0 aromatic heterocycles.